The second-order valence-corrected chi connectivity index (χ2v) is 29.4. The Bertz CT molecular complexity index is 1920. The van der Waals surface area contributed by atoms with E-state index < -0.39 is 26.5 Å². The van der Waals surface area contributed by atoms with Gasteiger partial charge in [-0.3, -0.25) is 18.6 Å². The molecular formula is C87H158NO8P. The minimum atomic E-state index is -4.40. The first-order valence-corrected chi connectivity index (χ1v) is 43.2. The Kier molecular flexibility index (Phi) is 79.3. The van der Waals surface area contributed by atoms with E-state index in [1.807, 2.05) is 0 Å². The number of phosphoric acid groups is 1. The van der Waals surface area contributed by atoms with Crippen LogP contribution in [0.4, 0.5) is 0 Å². The summed E-state index contributed by atoms with van der Waals surface area (Å²) in [5, 5.41) is 0. The van der Waals surface area contributed by atoms with Crippen LogP contribution in [0.2, 0.25) is 0 Å². The van der Waals surface area contributed by atoms with Crippen molar-refractivity contribution in [3.05, 3.63) is 97.2 Å². The molecule has 0 bridgehead atoms. The van der Waals surface area contributed by atoms with Gasteiger partial charge in [-0.15, -0.1) is 0 Å². The molecular weight excluding hydrogens is 1220 g/mol. The minimum absolute atomic E-state index is 0.0545. The molecule has 0 aliphatic carbocycles. The highest BCUT2D eigenvalue weighted by Crippen LogP contribution is 2.43. The summed E-state index contributed by atoms with van der Waals surface area (Å²) in [5.41, 5.74) is 5.42. The fourth-order valence-electron chi connectivity index (χ4n) is 12.4. The zero-order valence-corrected chi connectivity index (χ0v) is 64.7. The molecule has 0 amide bonds. The van der Waals surface area contributed by atoms with E-state index in [1.165, 1.54) is 295 Å². The lowest BCUT2D eigenvalue weighted by atomic mass is 10.0. The van der Waals surface area contributed by atoms with E-state index in [0.29, 0.717) is 6.42 Å². The van der Waals surface area contributed by atoms with Crippen LogP contribution >= 0.6 is 7.82 Å². The largest absolute Gasteiger partial charge is 0.472 e. The molecule has 2 atom stereocenters. The van der Waals surface area contributed by atoms with Crippen molar-refractivity contribution in [2.75, 3.05) is 26.4 Å². The molecule has 2 unspecified atom stereocenters. The average Bonchev–Trinajstić information content (AvgIpc) is 2.88. The molecule has 0 spiro atoms. The number of esters is 2. The Labute approximate surface area is 601 Å². The van der Waals surface area contributed by atoms with Gasteiger partial charge in [-0.05, 0) is 89.9 Å². The SMILES string of the molecule is CC/C=C\C/C=C\C/C=C\C/C=C\CCCCCCCCCCCCCCCCCCCCCCCCCCCCC(=O)OC(COC(=O)CCCCCCCCCCCCCCCCCCCCCCCCCC/C=C\C/C=C\C/C=C\C/C=C\CC)COP(=O)(O)OCCN. The van der Waals surface area contributed by atoms with Gasteiger partial charge in [-0.1, -0.05) is 406 Å². The van der Waals surface area contributed by atoms with Crippen molar-refractivity contribution < 1.29 is 37.6 Å². The van der Waals surface area contributed by atoms with Gasteiger partial charge in [0, 0.05) is 19.4 Å². The summed E-state index contributed by atoms with van der Waals surface area (Å²) in [5.74, 6) is -0.805. The van der Waals surface area contributed by atoms with Crippen LogP contribution in [-0.2, 0) is 32.7 Å². The normalized spacial score (nSPS) is 13.3. The van der Waals surface area contributed by atoms with E-state index >= 15 is 0 Å². The van der Waals surface area contributed by atoms with Gasteiger partial charge in [0.15, 0.2) is 6.10 Å². The van der Waals surface area contributed by atoms with Crippen molar-refractivity contribution >= 4 is 19.8 Å². The van der Waals surface area contributed by atoms with Crippen molar-refractivity contribution in [2.24, 2.45) is 5.73 Å². The van der Waals surface area contributed by atoms with Crippen LogP contribution in [0.3, 0.4) is 0 Å². The number of unbranched alkanes of at least 4 members (excludes halogenated alkanes) is 50. The van der Waals surface area contributed by atoms with E-state index in [-0.39, 0.29) is 38.6 Å². The monoisotopic (exact) mass is 1380 g/mol. The average molecular weight is 1380 g/mol. The van der Waals surface area contributed by atoms with E-state index in [9.17, 15) is 19.0 Å². The smallest absolute Gasteiger partial charge is 0.462 e. The molecule has 0 saturated heterocycles. The number of carbonyl (C=O) groups excluding carboxylic acids is 2. The Morgan fingerprint density at radius 3 is 0.794 bits per heavy atom. The Balaban J connectivity index is 3.73. The van der Waals surface area contributed by atoms with Crippen molar-refractivity contribution in [3.63, 3.8) is 0 Å². The fourth-order valence-corrected chi connectivity index (χ4v) is 13.2. The molecule has 10 heteroatoms. The molecule has 0 aromatic heterocycles. The maximum absolute atomic E-state index is 12.8. The molecule has 9 nitrogen and oxygen atoms in total. The summed E-state index contributed by atoms with van der Waals surface area (Å²) in [4.78, 5) is 35.5. The first kappa shape index (κ1) is 93.9. The van der Waals surface area contributed by atoms with E-state index in [4.69, 9.17) is 24.3 Å². The summed E-state index contributed by atoms with van der Waals surface area (Å²) in [6.45, 7) is 3.59. The summed E-state index contributed by atoms with van der Waals surface area (Å²) in [7, 11) is -4.40. The van der Waals surface area contributed by atoms with Crippen molar-refractivity contribution in [3.8, 4) is 0 Å². The molecule has 0 aromatic carbocycles. The van der Waals surface area contributed by atoms with Gasteiger partial charge in [0.2, 0.25) is 0 Å². The van der Waals surface area contributed by atoms with Crippen molar-refractivity contribution in [2.45, 2.75) is 418 Å². The van der Waals surface area contributed by atoms with Crippen LogP contribution in [0.15, 0.2) is 97.2 Å². The zero-order chi connectivity index (χ0) is 70.0. The number of hydrogen-bond donors (Lipinski definition) is 2. The van der Waals surface area contributed by atoms with Gasteiger partial charge in [-0.25, -0.2) is 4.57 Å². The number of ether oxygens (including phenoxy) is 2. The molecule has 0 aromatic rings. The number of carbonyl (C=O) groups is 2. The summed E-state index contributed by atoms with van der Waals surface area (Å²) in [6, 6.07) is 0. The van der Waals surface area contributed by atoms with Gasteiger partial charge in [0.25, 0.3) is 0 Å². The molecule has 0 aliphatic heterocycles. The van der Waals surface area contributed by atoms with Crippen LogP contribution in [0.1, 0.15) is 412 Å². The lowest BCUT2D eigenvalue weighted by Gasteiger charge is -2.19. The third-order valence-corrected chi connectivity index (χ3v) is 19.4. The summed E-state index contributed by atoms with van der Waals surface area (Å²) < 4.78 is 33.3. The Hall–Kier alpha value is -3.07. The first-order valence-electron chi connectivity index (χ1n) is 41.7. The number of nitrogens with two attached hydrogens (primary N) is 1. The zero-order valence-electron chi connectivity index (χ0n) is 63.8. The third kappa shape index (κ3) is 81.8. The van der Waals surface area contributed by atoms with E-state index in [1.54, 1.807) is 0 Å². The van der Waals surface area contributed by atoms with E-state index in [0.717, 1.165) is 83.5 Å². The fraction of sp³-hybridized carbons (Fsp3) is 0.793. The standard InChI is InChI=1S/C87H158NO8P/c1-3-5-7-9-11-13-15-17-19-21-23-25-27-29-31-33-35-37-39-41-42-44-46-48-50-52-54-56-58-60-62-64-66-68-70-72-74-76-78-80-87(90)96-85(84-95-97(91,92)94-82-81-88)83-93-86(89)79-77-75-73-71-69-67-65-63-61-59-57-55-53-51-49-47-45-43-40-38-36-34-32-30-28-26-24-22-20-18-16-14-12-10-8-6-4-2/h5-8,11-14,17-20,23-26,85H,3-4,9-10,15-16,21-22,27-84,88H2,1-2H3,(H,91,92)/b7-5-,8-6-,13-11-,14-12-,19-17-,20-18-,25-23-,26-24-. The van der Waals surface area contributed by atoms with Gasteiger partial charge < -0.3 is 20.1 Å². The Morgan fingerprint density at radius 1 is 0.309 bits per heavy atom. The molecule has 0 heterocycles. The minimum Gasteiger partial charge on any atom is -0.462 e. The molecule has 0 rings (SSSR count). The maximum atomic E-state index is 12.8. The summed E-state index contributed by atoms with van der Waals surface area (Å²) >= 11 is 0. The molecule has 564 valence electrons. The molecule has 3 N–H and O–H groups in total. The van der Waals surface area contributed by atoms with Crippen LogP contribution < -0.4 is 5.73 Å². The molecule has 0 saturated carbocycles. The van der Waals surface area contributed by atoms with Crippen molar-refractivity contribution in [1.29, 1.82) is 0 Å². The highest BCUT2D eigenvalue weighted by Gasteiger charge is 2.26. The second kappa shape index (κ2) is 81.9. The third-order valence-electron chi connectivity index (χ3n) is 18.5. The highest BCUT2D eigenvalue weighted by atomic mass is 31.2. The topological polar surface area (TPSA) is 134 Å². The molecule has 97 heavy (non-hydrogen) atoms. The lowest BCUT2D eigenvalue weighted by molar-refractivity contribution is -0.161. The molecule has 0 fully saturated rings. The highest BCUT2D eigenvalue weighted by molar-refractivity contribution is 7.47. The van der Waals surface area contributed by atoms with Gasteiger partial charge in [0.1, 0.15) is 6.61 Å². The first-order chi connectivity index (χ1) is 47.8. The van der Waals surface area contributed by atoms with Gasteiger partial charge in [0.05, 0.1) is 13.2 Å². The van der Waals surface area contributed by atoms with Crippen LogP contribution in [-0.4, -0.2) is 49.3 Å². The predicted octanol–water partition coefficient (Wildman–Crippen LogP) is 28.2. The maximum Gasteiger partial charge on any atom is 0.472 e. The number of rotatable bonds is 79. The van der Waals surface area contributed by atoms with Crippen LogP contribution in [0, 0.1) is 0 Å². The number of hydrogen-bond acceptors (Lipinski definition) is 8. The van der Waals surface area contributed by atoms with Crippen LogP contribution in [0.25, 0.3) is 0 Å². The van der Waals surface area contributed by atoms with Gasteiger partial charge >= 0.3 is 19.8 Å². The van der Waals surface area contributed by atoms with E-state index in [2.05, 4.69) is 111 Å². The lowest BCUT2D eigenvalue weighted by Crippen LogP contribution is -2.29. The van der Waals surface area contributed by atoms with Crippen molar-refractivity contribution in [1.82, 2.24) is 0 Å². The predicted molar refractivity (Wildman–Crippen MR) is 422 cm³/mol. The summed E-state index contributed by atoms with van der Waals surface area (Å²) in [6.07, 6.45) is 113. The number of allylic oxidation sites excluding steroid dienone is 16. The second-order valence-electron chi connectivity index (χ2n) is 27.9. The molecule has 0 radical (unpaired) electrons. The molecule has 0 aliphatic rings. The van der Waals surface area contributed by atoms with Gasteiger partial charge in [-0.2, -0.15) is 0 Å². The Morgan fingerprint density at radius 2 is 0.536 bits per heavy atom. The van der Waals surface area contributed by atoms with Crippen LogP contribution in [0.5, 0.6) is 0 Å². The quantitative estimate of drug-likeness (QED) is 0.0264. The number of phosphoric ester groups is 1.